The number of fused-ring (bicyclic) bond motifs is 1. The van der Waals surface area contributed by atoms with Gasteiger partial charge in [-0.25, -0.2) is 4.39 Å². The van der Waals surface area contributed by atoms with Crippen LogP contribution in [0.2, 0.25) is 0 Å². The van der Waals surface area contributed by atoms with Crippen LogP contribution in [-0.2, 0) is 6.54 Å². The van der Waals surface area contributed by atoms with Crippen LogP contribution in [0.3, 0.4) is 0 Å². The summed E-state index contributed by atoms with van der Waals surface area (Å²) in [5, 5.41) is 0.696. The summed E-state index contributed by atoms with van der Waals surface area (Å²) in [6, 6.07) is 4.86. The van der Waals surface area contributed by atoms with Gasteiger partial charge >= 0.3 is 0 Å². The zero-order chi connectivity index (χ0) is 13.3. The van der Waals surface area contributed by atoms with Gasteiger partial charge in [-0.1, -0.05) is 12.1 Å². The first kappa shape index (κ1) is 12.8. The SMILES string of the molecule is CC(=O)c1cn(CCN(C)C)c2c(F)cccc12. The minimum Gasteiger partial charge on any atom is -0.343 e. The molecule has 0 unspecified atom stereocenters. The molecule has 0 atom stereocenters. The van der Waals surface area contributed by atoms with E-state index in [1.54, 1.807) is 18.3 Å². The van der Waals surface area contributed by atoms with Gasteiger partial charge in [0.05, 0.1) is 5.52 Å². The summed E-state index contributed by atoms with van der Waals surface area (Å²) in [5.74, 6) is -0.312. The number of benzene rings is 1. The molecule has 0 saturated heterocycles. The van der Waals surface area contributed by atoms with Gasteiger partial charge in [-0.2, -0.15) is 0 Å². The van der Waals surface area contributed by atoms with E-state index in [0.29, 0.717) is 23.0 Å². The van der Waals surface area contributed by atoms with Crippen molar-refractivity contribution in [3.63, 3.8) is 0 Å². The molecule has 1 aromatic heterocycles. The fourth-order valence-electron chi connectivity index (χ4n) is 2.08. The Morgan fingerprint density at radius 3 is 2.72 bits per heavy atom. The van der Waals surface area contributed by atoms with Gasteiger partial charge in [0.2, 0.25) is 0 Å². The first-order chi connectivity index (χ1) is 8.50. The molecule has 96 valence electrons. The molecule has 2 rings (SSSR count). The molecule has 0 spiro atoms. The maximum absolute atomic E-state index is 13.9. The predicted octanol–water partition coefficient (Wildman–Crippen LogP) is 2.54. The number of aromatic nitrogens is 1. The van der Waals surface area contributed by atoms with Crippen molar-refractivity contribution in [3.8, 4) is 0 Å². The largest absolute Gasteiger partial charge is 0.343 e. The Hall–Kier alpha value is -1.68. The van der Waals surface area contributed by atoms with Gasteiger partial charge in [0.15, 0.2) is 5.78 Å². The van der Waals surface area contributed by atoms with Gasteiger partial charge in [0.25, 0.3) is 0 Å². The molecule has 0 aliphatic rings. The van der Waals surface area contributed by atoms with Crippen LogP contribution in [0.5, 0.6) is 0 Å². The number of likely N-dealkylation sites (N-methyl/N-ethyl adjacent to an activating group) is 1. The number of carbonyl (C=O) groups excluding carboxylic acids is 1. The van der Waals surface area contributed by atoms with Crippen LogP contribution in [0.1, 0.15) is 17.3 Å². The molecular formula is C14H17FN2O. The smallest absolute Gasteiger partial charge is 0.161 e. The summed E-state index contributed by atoms with van der Waals surface area (Å²) in [5.41, 5.74) is 1.10. The van der Waals surface area contributed by atoms with E-state index in [1.807, 2.05) is 23.6 Å². The zero-order valence-electron chi connectivity index (χ0n) is 10.9. The number of hydrogen-bond donors (Lipinski definition) is 0. The van der Waals surface area contributed by atoms with Gasteiger partial charge in [0.1, 0.15) is 5.82 Å². The van der Waals surface area contributed by atoms with Crippen molar-refractivity contribution in [1.82, 2.24) is 9.47 Å². The summed E-state index contributed by atoms with van der Waals surface area (Å²) in [4.78, 5) is 13.6. The van der Waals surface area contributed by atoms with Crippen LogP contribution in [-0.4, -0.2) is 35.9 Å². The minimum atomic E-state index is -0.279. The molecule has 18 heavy (non-hydrogen) atoms. The van der Waals surface area contributed by atoms with Crippen molar-refractivity contribution < 1.29 is 9.18 Å². The highest BCUT2D eigenvalue weighted by atomic mass is 19.1. The van der Waals surface area contributed by atoms with Crippen molar-refractivity contribution in [3.05, 3.63) is 35.8 Å². The molecule has 0 radical (unpaired) electrons. The van der Waals surface area contributed by atoms with E-state index in [-0.39, 0.29) is 11.6 Å². The minimum absolute atomic E-state index is 0.0331. The highest BCUT2D eigenvalue weighted by Crippen LogP contribution is 2.24. The highest BCUT2D eigenvalue weighted by Gasteiger charge is 2.14. The van der Waals surface area contributed by atoms with Crippen molar-refractivity contribution >= 4 is 16.7 Å². The number of rotatable bonds is 4. The third-order valence-corrected chi connectivity index (χ3v) is 3.02. The van der Waals surface area contributed by atoms with E-state index in [0.717, 1.165) is 6.54 Å². The van der Waals surface area contributed by atoms with Gasteiger partial charge in [-0.05, 0) is 27.1 Å². The number of halogens is 1. The number of Topliss-reactive ketones (excluding diaryl/α,β-unsaturated/α-hetero) is 1. The first-order valence-electron chi connectivity index (χ1n) is 5.93. The van der Waals surface area contributed by atoms with Crippen molar-refractivity contribution in [2.75, 3.05) is 20.6 Å². The number of nitrogens with zero attached hydrogens (tertiary/aromatic N) is 2. The number of carbonyl (C=O) groups is 1. The van der Waals surface area contributed by atoms with Gasteiger partial charge in [-0.15, -0.1) is 0 Å². The molecule has 0 aliphatic carbocycles. The Morgan fingerprint density at radius 1 is 1.39 bits per heavy atom. The Balaban J connectivity index is 2.55. The number of para-hydroxylation sites is 1. The standard InChI is InChI=1S/C14H17FN2O/c1-10(18)12-9-17(8-7-16(2)3)14-11(12)5-4-6-13(14)15/h4-6,9H,7-8H2,1-3H3. The summed E-state index contributed by atoms with van der Waals surface area (Å²) >= 11 is 0. The van der Waals surface area contributed by atoms with E-state index in [4.69, 9.17) is 0 Å². The molecular weight excluding hydrogens is 231 g/mol. The molecule has 1 aromatic carbocycles. The van der Waals surface area contributed by atoms with E-state index in [1.165, 1.54) is 13.0 Å². The number of hydrogen-bond acceptors (Lipinski definition) is 2. The monoisotopic (exact) mass is 248 g/mol. The summed E-state index contributed by atoms with van der Waals surface area (Å²) in [6.45, 7) is 2.98. The van der Waals surface area contributed by atoms with E-state index < -0.39 is 0 Å². The molecule has 0 fully saturated rings. The lowest BCUT2D eigenvalue weighted by atomic mass is 10.1. The van der Waals surface area contributed by atoms with Crippen LogP contribution in [0.15, 0.2) is 24.4 Å². The lowest BCUT2D eigenvalue weighted by Crippen LogP contribution is -2.18. The first-order valence-corrected chi connectivity index (χ1v) is 5.93. The lowest BCUT2D eigenvalue weighted by Gasteiger charge is -2.11. The van der Waals surface area contributed by atoms with Crippen molar-refractivity contribution in [1.29, 1.82) is 0 Å². The fourth-order valence-corrected chi connectivity index (χ4v) is 2.08. The lowest BCUT2D eigenvalue weighted by molar-refractivity contribution is 0.101. The fraction of sp³-hybridized carbons (Fsp3) is 0.357. The Kier molecular flexibility index (Phi) is 3.48. The Bertz CT molecular complexity index is 587. The van der Waals surface area contributed by atoms with Crippen LogP contribution >= 0.6 is 0 Å². The van der Waals surface area contributed by atoms with E-state index in [9.17, 15) is 9.18 Å². The Morgan fingerprint density at radius 2 is 2.11 bits per heavy atom. The summed E-state index contributed by atoms with van der Waals surface area (Å²) < 4.78 is 15.7. The van der Waals surface area contributed by atoms with Crippen LogP contribution in [0.4, 0.5) is 4.39 Å². The summed E-state index contributed by atoms with van der Waals surface area (Å²) in [7, 11) is 3.93. The zero-order valence-corrected chi connectivity index (χ0v) is 10.9. The molecule has 1 heterocycles. The predicted molar refractivity (Wildman–Crippen MR) is 70.5 cm³/mol. The second kappa shape index (κ2) is 4.90. The maximum atomic E-state index is 13.9. The molecule has 0 saturated carbocycles. The average molecular weight is 248 g/mol. The van der Waals surface area contributed by atoms with Crippen LogP contribution in [0, 0.1) is 5.82 Å². The van der Waals surface area contributed by atoms with Gasteiger partial charge in [0, 0.05) is 30.2 Å². The van der Waals surface area contributed by atoms with Gasteiger partial charge in [-0.3, -0.25) is 4.79 Å². The third-order valence-electron chi connectivity index (χ3n) is 3.02. The Labute approximate surface area is 106 Å². The molecule has 4 heteroatoms. The normalized spacial score (nSPS) is 11.4. The van der Waals surface area contributed by atoms with E-state index >= 15 is 0 Å². The van der Waals surface area contributed by atoms with E-state index in [2.05, 4.69) is 0 Å². The molecule has 0 aliphatic heterocycles. The summed E-state index contributed by atoms with van der Waals surface area (Å²) in [6.07, 6.45) is 1.75. The van der Waals surface area contributed by atoms with Crippen LogP contribution < -0.4 is 0 Å². The molecule has 0 N–H and O–H groups in total. The second-order valence-electron chi connectivity index (χ2n) is 4.73. The molecule has 3 nitrogen and oxygen atoms in total. The molecule has 0 bridgehead atoms. The maximum Gasteiger partial charge on any atom is 0.161 e. The quantitative estimate of drug-likeness (QED) is 0.777. The third kappa shape index (κ3) is 2.29. The van der Waals surface area contributed by atoms with Crippen LogP contribution in [0.25, 0.3) is 10.9 Å². The second-order valence-corrected chi connectivity index (χ2v) is 4.73. The van der Waals surface area contributed by atoms with Crippen molar-refractivity contribution in [2.24, 2.45) is 0 Å². The van der Waals surface area contributed by atoms with Crippen molar-refractivity contribution in [2.45, 2.75) is 13.5 Å². The van der Waals surface area contributed by atoms with Gasteiger partial charge < -0.3 is 9.47 Å². The topological polar surface area (TPSA) is 25.2 Å². The highest BCUT2D eigenvalue weighted by molar-refractivity contribution is 6.07. The molecule has 2 aromatic rings. The molecule has 0 amide bonds. The average Bonchev–Trinajstić information content (AvgIpc) is 2.67. The number of ketones is 1.